The number of rotatable bonds is 4. The molecule has 3 heteroatoms. The van der Waals surface area contributed by atoms with E-state index < -0.39 is 11.6 Å². The lowest BCUT2D eigenvalue weighted by molar-refractivity contribution is -0.118. The first-order valence-corrected chi connectivity index (χ1v) is 4.52. The first kappa shape index (κ1) is 11.4. The van der Waals surface area contributed by atoms with Gasteiger partial charge >= 0.3 is 0 Å². The average Bonchev–Trinajstić information content (AvgIpc) is 2.20. The quantitative estimate of drug-likeness (QED) is 0.695. The Morgan fingerprint density at radius 1 is 1.33 bits per heavy atom. The Morgan fingerprint density at radius 2 is 2.07 bits per heavy atom. The summed E-state index contributed by atoms with van der Waals surface area (Å²) in [5, 5.41) is 0. The maximum atomic E-state index is 12.8. The molecule has 0 aliphatic rings. The Bertz CT molecular complexity index is 405. The summed E-state index contributed by atoms with van der Waals surface area (Å²) in [7, 11) is 0. The SMILES string of the molecule is C#CCCC(=O)Cc1ccc(F)c(F)c1. The van der Waals surface area contributed by atoms with Crippen molar-refractivity contribution in [3.8, 4) is 12.3 Å². The standard InChI is InChI=1S/C12H10F2O/c1-2-3-4-10(15)7-9-5-6-11(13)12(14)8-9/h1,5-6,8H,3-4,7H2. The third-order valence-electron chi connectivity index (χ3n) is 1.93. The van der Waals surface area contributed by atoms with Gasteiger partial charge in [0.1, 0.15) is 5.78 Å². The second kappa shape index (κ2) is 5.26. The maximum absolute atomic E-state index is 12.8. The molecule has 0 radical (unpaired) electrons. The predicted molar refractivity (Wildman–Crippen MR) is 53.1 cm³/mol. The highest BCUT2D eigenvalue weighted by Gasteiger charge is 2.06. The van der Waals surface area contributed by atoms with Gasteiger partial charge in [0.15, 0.2) is 11.6 Å². The Hall–Kier alpha value is -1.69. The van der Waals surface area contributed by atoms with Gasteiger partial charge in [-0.15, -0.1) is 12.3 Å². The van der Waals surface area contributed by atoms with Crippen molar-refractivity contribution in [1.82, 2.24) is 0 Å². The van der Waals surface area contributed by atoms with E-state index in [1.807, 2.05) is 0 Å². The molecule has 1 aromatic rings. The monoisotopic (exact) mass is 208 g/mol. The molecule has 0 fully saturated rings. The van der Waals surface area contributed by atoms with Crippen molar-refractivity contribution in [3.63, 3.8) is 0 Å². The molecule has 0 heterocycles. The molecule has 1 rings (SSSR count). The van der Waals surface area contributed by atoms with Gasteiger partial charge in [-0.1, -0.05) is 6.07 Å². The van der Waals surface area contributed by atoms with E-state index in [1.165, 1.54) is 6.07 Å². The molecular formula is C12H10F2O. The Labute approximate surface area is 87.1 Å². The third kappa shape index (κ3) is 3.51. The zero-order valence-corrected chi connectivity index (χ0v) is 8.09. The van der Waals surface area contributed by atoms with Crippen molar-refractivity contribution in [3.05, 3.63) is 35.4 Å². The number of terminal acetylenes is 1. The van der Waals surface area contributed by atoms with Crippen LogP contribution in [0.15, 0.2) is 18.2 Å². The van der Waals surface area contributed by atoms with Crippen molar-refractivity contribution in [2.45, 2.75) is 19.3 Å². The van der Waals surface area contributed by atoms with Crippen LogP contribution in [0, 0.1) is 24.0 Å². The van der Waals surface area contributed by atoms with Crippen molar-refractivity contribution in [2.75, 3.05) is 0 Å². The van der Waals surface area contributed by atoms with Crippen molar-refractivity contribution in [1.29, 1.82) is 0 Å². The van der Waals surface area contributed by atoms with Gasteiger partial charge in [0, 0.05) is 19.3 Å². The molecule has 0 saturated carbocycles. The summed E-state index contributed by atoms with van der Waals surface area (Å²) < 4.78 is 25.3. The predicted octanol–water partition coefficient (Wildman–Crippen LogP) is 2.49. The molecule has 0 aromatic heterocycles. The zero-order valence-electron chi connectivity index (χ0n) is 8.09. The number of ketones is 1. The molecule has 0 aliphatic carbocycles. The van der Waals surface area contributed by atoms with Crippen LogP contribution in [0.2, 0.25) is 0 Å². The fraction of sp³-hybridized carbons (Fsp3) is 0.250. The van der Waals surface area contributed by atoms with Gasteiger partial charge in [-0.25, -0.2) is 8.78 Å². The molecule has 0 amide bonds. The number of benzene rings is 1. The average molecular weight is 208 g/mol. The molecule has 78 valence electrons. The van der Waals surface area contributed by atoms with E-state index in [9.17, 15) is 13.6 Å². The summed E-state index contributed by atoms with van der Waals surface area (Å²) in [6.45, 7) is 0. The number of hydrogen-bond acceptors (Lipinski definition) is 1. The van der Waals surface area contributed by atoms with Gasteiger partial charge in [-0.2, -0.15) is 0 Å². The van der Waals surface area contributed by atoms with Crippen LogP contribution in [0.1, 0.15) is 18.4 Å². The fourth-order valence-electron chi connectivity index (χ4n) is 1.18. The molecule has 0 saturated heterocycles. The fourth-order valence-corrected chi connectivity index (χ4v) is 1.18. The van der Waals surface area contributed by atoms with Crippen molar-refractivity contribution >= 4 is 5.78 Å². The molecule has 15 heavy (non-hydrogen) atoms. The van der Waals surface area contributed by atoms with Crippen LogP contribution < -0.4 is 0 Å². The largest absolute Gasteiger partial charge is 0.299 e. The summed E-state index contributed by atoms with van der Waals surface area (Å²) in [5.74, 6) is 0.439. The second-order valence-electron chi connectivity index (χ2n) is 3.17. The second-order valence-corrected chi connectivity index (χ2v) is 3.17. The highest BCUT2D eigenvalue weighted by molar-refractivity contribution is 5.81. The minimum atomic E-state index is -0.933. The number of Topliss-reactive ketones (excluding diaryl/α,β-unsaturated/α-hetero) is 1. The highest BCUT2D eigenvalue weighted by atomic mass is 19.2. The van der Waals surface area contributed by atoms with Crippen LogP contribution in [0.5, 0.6) is 0 Å². The molecule has 0 N–H and O–H groups in total. The van der Waals surface area contributed by atoms with Crippen LogP contribution in [-0.4, -0.2) is 5.78 Å². The Morgan fingerprint density at radius 3 is 2.67 bits per heavy atom. The summed E-state index contributed by atoms with van der Waals surface area (Å²) in [6.07, 6.45) is 5.75. The van der Waals surface area contributed by atoms with E-state index in [4.69, 9.17) is 6.42 Å². The number of hydrogen-bond donors (Lipinski definition) is 0. The number of halogens is 2. The van der Waals surface area contributed by atoms with E-state index in [0.29, 0.717) is 12.0 Å². The summed E-state index contributed by atoms with van der Waals surface area (Å²) in [6, 6.07) is 3.44. The van der Waals surface area contributed by atoms with Crippen LogP contribution in [0.4, 0.5) is 8.78 Å². The highest BCUT2D eigenvalue weighted by Crippen LogP contribution is 2.10. The van der Waals surface area contributed by atoms with E-state index in [0.717, 1.165) is 12.1 Å². The molecule has 1 aromatic carbocycles. The third-order valence-corrected chi connectivity index (χ3v) is 1.93. The van der Waals surface area contributed by atoms with Gasteiger partial charge in [-0.05, 0) is 17.7 Å². The van der Waals surface area contributed by atoms with Crippen LogP contribution in [0.3, 0.4) is 0 Å². The van der Waals surface area contributed by atoms with E-state index in [2.05, 4.69) is 5.92 Å². The molecular weight excluding hydrogens is 198 g/mol. The Balaban J connectivity index is 2.62. The maximum Gasteiger partial charge on any atom is 0.159 e. The lowest BCUT2D eigenvalue weighted by Gasteiger charge is -2.00. The van der Waals surface area contributed by atoms with E-state index in [-0.39, 0.29) is 18.6 Å². The molecule has 0 atom stereocenters. The first-order chi connectivity index (χ1) is 7.13. The molecule has 0 aliphatic heterocycles. The van der Waals surface area contributed by atoms with Crippen LogP contribution >= 0.6 is 0 Å². The van der Waals surface area contributed by atoms with Crippen LogP contribution in [-0.2, 0) is 11.2 Å². The minimum absolute atomic E-state index is 0.0704. The summed E-state index contributed by atoms with van der Waals surface area (Å²) >= 11 is 0. The smallest absolute Gasteiger partial charge is 0.159 e. The summed E-state index contributed by atoms with van der Waals surface area (Å²) in [5.41, 5.74) is 0.468. The lowest BCUT2D eigenvalue weighted by Crippen LogP contribution is -2.02. The van der Waals surface area contributed by atoms with E-state index in [1.54, 1.807) is 0 Å². The zero-order chi connectivity index (χ0) is 11.3. The van der Waals surface area contributed by atoms with Crippen molar-refractivity contribution < 1.29 is 13.6 Å². The Kier molecular flexibility index (Phi) is 3.99. The van der Waals surface area contributed by atoms with Gasteiger partial charge in [0.2, 0.25) is 0 Å². The number of carbonyl (C=O) groups excluding carboxylic acids is 1. The first-order valence-electron chi connectivity index (χ1n) is 4.52. The lowest BCUT2D eigenvalue weighted by atomic mass is 10.1. The van der Waals surface area contributed by atoms with Crippen LogP contribution in [0.25, 0.3) is 0 Å². The minimum Gasteiger partial charge on any atom is -0.299 e. The van der Waals surface area contributed by atoms with Gasteiger partial charge in [-0.3, -0.25) is 4.79 Å². The molecule has 0 unspecified atom stereocenters. The molecule has 0 bridgehead atoms. The van der Waals surface area contributed by atoms with Gasteiger partial charge in [0.05, 0.1) is 0 Å². The molecule has 1 nitrogen and oxygen atoms in total. The van der Waals surface area contributed by atoms with Gasteiger partial charge in [0.25, 0.3) is 0 Å². The normalized spacial score (nSPS) is 9.67. The topological polar surface area (TPSA) is 17.1 Å². The summed E-state index contributed by atoms with van der Waals surface area (Å²) in [4.78, 5) is 11.3. The van der Waals surface area contributed by atoms with Gasteiger partial charge < -0.3 is 0 Å². The number of carbonyl (C=O) groups is 1. The van der Waals surface area contributed by atoms with Crippen molar-refractivity contribution in [2.24, 2.45) is 0 Å². The van der Waals surface area contributed by atoms with E-state index >= 15 is 0 Å². The molecule has 0 spiro atoms.